The third-order valence-electron chi connectivity index (χ3n) is 4.37. The van der Waals surface area contributed by atoms with Crippen LogP contribution >= 0.6 is 12.4 Å². The molecule has 3 atom stereocenters. The van der Waals surface area contributed by atoms with Crippen LogP contribution in [0.2, 0.25) is 0 Å². The molecule has 1 saturated carbocycles. The fraction of sp³-hybridized carbons (Fsp3) is 0.611. The summed E-state index contributed by atoms with van der Waals surface area (Å²) in [5.74, 6) is 0.233. The Morgan fingerprint density at radius 3 is 2.41 bits per heavy atom. The number of nitrogens with two attached hydrogens (primary N) is 1. The number of halogens is 1. The summed E-state index contributed by atoms with van der Waals surface area (Å²) >= 11 is 0. The van der Waals surface area contributed by atoms with Gasteiger partial charge in [0.05, 0.1) is 6.04 Å². The van der Waals surface area contributed by atoms with E-state index in [0.29, 0.717) is 0 Å². The minimum Gasteiger partial charge on any atom is -0.349 e. The lowest BCUT2D eigenvalue weighted by molar-refractivity contribution is -0.127. The van der Waals surface area contributed by atoms with Crippen LogP contribution in [0.3, 0.4) is 0 Å². The van der Waals surface area contributed by atoms with Crippen LogP contribution in [0.15, 0.2) is 30.3 Å². The van der Waals surface area contributed by atoms with Gasteiger partial charge in [-0.05, 0) is 30.2 Å². The van der Waals surface area contributed by atoms with Gasteiger partial charge in [-0.2, -0.15) is 0 Å². The van der Waals surface area contributed by atoms with Gasteiger partial charge in [-0.15, -0.1) is 12.4 Å². The second kappa shape index (κ2) is 7.98. The van der Waals surface area contributed by atoms with Gasteiger partial charge >= 0.3 is 0 Å². The quantitative estimate of drug-likeness (QED) is 0.887. The average Bonchev–Trinajstić information content (AvgIpc) is 2.44. The lowest BCUT2D eigenvalue weighted by atomic mass is 9.80. The zero-order valence-corrected chi connectivity index (χ0v) is 14.7. The Bertz CT molecular complexity index is 470. The van der Waals surface area contributed by atoms with Crippen molar-refractivity contribution in [2.45, 2.75) is 58.5 Å². The van der Waals surface area contributed by atoms with Crippen LogP contribution in [0.5, 0.6) is 0 Å². The Labute approximate surface area is 140 Å². The first kappa shape index (κ1) is 19.0. The van der Waals surface area contributed by atoms with E-state index in [0.717, 1.165) is 25.7 Å². The van der Waals surface area contributed by atoms with Gasteiger partial charge in [0.2, 0.25) is 5.91 Å². The zero-order valence-electron chi connectivity index (χ0n) is 13.8. The van der Waals surface area contributed by atoms with Gasteiger partial charge in [-0.25, -0.2) is 0 Å². The second-order valence-electron chi connectivity index (χ2n) is 7.34. The molecule has 1 aromatic carbocycles. The minimum absolute atomic E-state index is 0. The van der Waals surface area contributed by atoms with E-state index in [2.05, 4.69) is 38.2 Å². The number of benzene rings is 1. The molecule has 3 N–H and O–H groups in total. The molecule has 22 heavy (non-hydrogen) atoms. The van der Waals surface area contributed by atoms with Crippen molar-refractivity contribution in [2.75, 3.05) is 0 Å². The van der Waals surface area contributed by atoms with Gasteiger partial charge in [0.25, 0.3) is 0 Å². The molecule has 4 heteroatoms. The van der Waals surface area contributed by atoms with Crippen molar-refractivity contribution >= 4 is 18.3 Å². The van der Waals surface area contributed by atoms with Crippen LogP contribution in [-0.4, -0.2) is 11.9 Å². The number of hydrogen-bond donors (Lipinski definition) is 2. The molecular formula is C18H29ClN2O. The van der Waals surface area contributed by atoms with Crippen LogP contribution in [0, 0.1) is 11.3 Å². The van der Waals surface area contributed by atoms with Gasteiger partial charge < -0.3 is 11.1 Å². The lowest BCUT2D eigenvalue weighted by Crippen LogP contribution is -2.42. The van der Waals surface area contributed by atoms with Crippen molar-refractivity contribution in [3.8, 4) is 0 Å². The van der Waals surface area contributed by atoms with E-state index in [4.69, 9.17) is 5.73 Å². The summed E-state index contributed by atoms with van der Waals surface area (Å²) < 4.78 is 0. The monoisotopic (exact) mass is 324 g/mol. The van der Waals surface area contributed by atoms with E-state index < -0.39 is 0 Å². The molecule has 0 aromatic heterocycles. The molecule has 2 rings (SSSR count). The van der Waals surface area contributed by atoms with Crippen molar-refractivity contribution in [2.24, 2.45) is 17.1 Å². The maximum Gasteiger partial charge on any atom is 0.223 e. The Morgan fingerprint density at radius 1 is 1.23 bits per heavy atom. The van der Waals surface area contributed by atoms with E-state index in [9.17, 15) is 4.79 Å². The van der Waals surface area contributed by atoms with Gasteiger partial charge in [-0.3, -0.25) is 4.79 Å². The number of nitrogens with one attached hydrogen (secondary N) is 1. The highest BCUT2D eigenvalue weighted by molar-refractivity contribution is 5.85. The predicted octanol–water partition coefficient (Wildman–Crippen LogP) is 3.83. The van der Waals surface area contributed by atoms with Crippen LogP contribution in [-0.2, 0) is 4.79 Å². The Balaban J connectivity index is 0.00000242. The number of rotatable bonds is 3. The van der Waals surface area contributed by atoms with Crippen molar-refractivity contribution in [1.82, 2.24) is 5.32 Å². The third kappa shape index (κ3) is 4.99. The molecule has 0 saturated heterocycles. The van der Waals surface area contributed by atoms with E-state index in [1.54, 1.807) is 0 Å². The fourth-order valence-corrected chi connectivity index (χ4v) is 3.17. The maximum absolute atomic E-state index is 12.6. The topological polar surface area (TPSA) is 55.1 Å². The summed E-state index contributed by atoms with van der Waals surface area (Å²) in [7, 11) is 0. The molecular weight excluding hydrogens is 296 g/mol. The number of amides is 1. The third-order valence-corrected chi connectivity index (χ3v) is 4.37. The van der Waals surface area contributed by atoms with Crippen molar-refractivity contribution in [1.29, 1.82) is 0 Å². The van der Waals surface area contributed by atoms with Gasteiger partial charge in [0, 0.05) is 12.0 Å². The van der Waals surface area contributed by atoms with Crippen LogP contribution in [0.1, 0.15) is 58.1 Å². The average molecular weight is 325 g/mol. The van der Waals surface area contributed by atoms with E-state index in [1.807, 2.05) is 18.2 Å². The molecule has 1 aliphatic carbocycles. The summed E-state index contributed by atoms with van der Waals surface area (Å²) in [4.78, 5) is 12.6. The molecule has 0 heterocycles. The van der Waals surface area contributed by atoms with Crippen LogP contribution in [0.4, 0.5) is 0 Å². The number of carbonyl (C=O) groups excluding carboxylic acids is 1. The molecule has 0 radical (unpaired) electrons. The summed E-state index contributed by atoms with van der Waals surface area (Å²) in [6.07, 6.45) is 3.89. The number of carbonyl (C=O) groups is 1. The molecule has 0 spiro atoms. The zero-order chi connectivity index (χ0) is 15.5. The van der Waals surface area contributed by atoms with Gasteiger partial charge in [-0.1, -0.05) is 57.5 Å². The molecule has 1 aromatic rings. The lowest BCUT2D eigenvalue weighted by Gasteiger charge is -2.34. The molecule has 0 aliphatic heterocycles. The first-order chi connectivity index (χ1) is 9.88. The highest BCUT2D eigenvalue weighted by Crippen LogP contribution is 2.33. The smallest absolute Gasteiger partial charge is 0.223 e. The Kier molecular flexibility index (Phi) is 6.89. The minimum atomic E-state index is -0.0200. The van der Waals surface area contributed by atoms with Crippen molar-refractivity contribution in [3.05, 3.63) is 35.9 Å². The van der Waals surface area contributed by atoms with E-state index in [-0.39, 0.29) is 41.7 Å². The van der Waals surface area contributed by atoms with Crippen LogP contribution < -0.4 is 11.1 Å². The van der Waals surface area contributed by atoms with Gasteiger partial charge in [0.1, 0.15) is 0 Å². The molecule has 3 unspecified atom stereocenters. The number of hydrogen-bond acceptors (Lipinski definition) is 2. The first-order valence-corrected chi connectivity index (χ1v) is 7.99. The fourth-order valence-electron chi connectivity index (χ4n) is 3.17. The standard InChI is InChI=1S/C18H28N2O.ClH/c1-18(2,3)16(13-8-5-4-6-9-13)20-17(21)14-10-7-11-15(19)12-14;/h4-6,8-9,14-16H,7,10-12,19H2,1-3H3,(H,20,21);1H. The molecule has 124 valence electrons. The summed E-state index contributed by atoms with van der Waals surface area (Å²) in [5.41, 5.74) is 7.16. The van der Waals surface area contributed by atoms with Crippen LogP contribution in [0.25, 0.3) is 0 Å². The molecule has 1 fully saturated rings. The molecule has 1 aliphatic rings. The Morgan fingerprint density at radius 2 is 1.86 bits per heavy atom. The predicted molar refractivity (Wildman–Crippen MR) is 94.0 cm³/mol. The first-order valence-electron chi connectivity index (χ1n) is 7.99. The van der Waals surface area contributed by atoms with E-state index >= 15 is 0 Å². The van der Waals surface area contributed by atoms with E-state index in [1.165, 1.54) is 5.56 Å². The highest BCUT2D eigenvalue weighted by Gasteiger charge is 2.31. The Hall–Kier alpha value is -1.06. The summed E-state index contributed by atoms with van der Waals surface area (Å²) in [6, 6.07) is 10.4. The molecule has 1 amide bonds. The largest absolute Gasteiger partial charge is 0.349 e. The SMILES string of the molecule is CC(C)(C)C(NC(=O)C1CCCC(N)C1)c1ccccc1.Cl. The van der Waals surface area contributed by atoms with Gasteiger partial charge in [0.15, 0.2) is 0 Å². The summed E-state index contributed by atoms with van der Waals surface area (Å²) in [5, 5.41) is 3.27. The van der Waals surface area contributed by atoms with Crippen molar-refractivity contribution < 1.29 is 4.79 Å². The van der Waals surface area contributed by atoms with Crippen molar-refractivity contribution in [3.63, 3.8) is 0 Å². The highest BCUT2D eigenvalue weighted by atomic mass is 35.5. The normalized spacial score (nSPS) is 23.3. The molecule has 0 bridgehead atoms. The molecule has 3 nitrogen and oxygen atoms in total. The maximum atomic E-state index is 12.6. The second-order valence-corrected chi connectivity index (χ2v) is 7.34. The summed E-state index contributed by atoms with van der Waals surface area (Å²) in [6.45, 7) is 6.49.